The monoisotopic (exact) mass is 503 g/mol. The second-order valence-electron chi connectivity index (χ2n) is 6.90. The van der Waals surface area contributed by atoms with E-state index in [4.69, 9.17) is 0 Å². The van der Waals surface area contributed by atoms with Gasteiger partial charge in [-0.05, 0) is 60.7 Å². The lowest BCUT2D eigenvalue weighted by Gasteiger charge is -2.09. The Morgan fingerprint density at radius 2 is 1.14 bits per heavy atom. The van der Waals surface area contributed by atoms with E-state index >= 15 is 0 Å². The van der Waals surface area contributed by atoms with Gasteiger partial charge in [-0.2, -0.15) is 0 Å². The third-order valence-electron chi connectivity index (χ3n) is 5.11. The van der Waals surface area contributed by atoms with Crippen molar-refractivity contribution >= 4 is 59.4 Å². The molecule has 29 heavy (non-hydrogen) atoms. The number of nitrogens with zero attached hydrogens (tertiary/aromatic N) is 1. The summed E-state index contributed by atoms with van der Waals surface area (Å²) >= 11 is 7.18. The molecule has 5 aromatic rings. The van der Waals surface area contributed by atoms with Crippen molar-refractivity contribution < 1.29 is 4.79 Å². The minimum atomic E-state index is 0.0345. The molecule has 140 valence electrons. The van der Waals surface area contributed by atoms with Crippen LogP contribution in [0.2, 0.25) is 0 Å². The molecule has 0 N–H and O–H groups in total. The van der Waals surface area contributed by atoms with Crippen LogP contribution in [0.25, 0.3) is 27.5 Å². The number of rotatable bonds is 3. The van der Waals surface area contributed by atoms with Gasteiger partial charge in [-0.3, -0.25) is 4.79 Å². The van der Waals surface area contributed by atoms with E-state index in [1.807, 2.05) is 54.6 Å². The van der Waals surface area contributed by atoms with Crippen molar-refractivity contribution in [3.63, 3.8) is 0 Å². The minimum Gasteiger partial charge on any atom is -0.309 e. The van der Waals surface area contributed by atoms with Crippen molar-refractivity contribution in [3.05, 3.63) is 111 Å². The summed E-state index contributed by atoms with van der Waals surface area (Å²) in [5.74, 6) is 0.0345. The molecule has 0 aliphatic carbocycles. The molecule has 0 spiro atoms. The maximum absolute atomic E-state index is 12.7. The Kier molecular flexibility index (Phi) is 4.61. The van der Waals surface area contributed by atoms with E-state index in [1.165, 1.54) is 10.8 Å². The summed E-state index contributed by atoms with van der Waals surface area (Å²) in [6, 6.07) is 29.9. The van der Waals surface area contributed by atoms with Crippen molar-refractivity contribution in [2.24, 2.45) is 0 Å². The summed E-state index contributed by atoms with van der Waals surface area (Å²) in [5.41, 5.74) is 4.67. The van der Waals surface area contributed by atoms with Crippen molar-refractivity contribution in [2.75, 3.05) is 0 Å². The number of fused-ring (bicyclic) bond motifs is 3. The maximum Gasteiger partial charge on any atom is 0.193 e. The number of hydrogen-bond donors (Lipinski definition) is 0. The van der Waals surface area contributed by atoms with Crippen molar-refractivity contribution in [2.45, 2.75) is 0 Å². The second kappa shape index (κ2) is 7.29. The first-order chi connectivity index (χ1) is 14.1. The quantitative estimate of drug-likeness (QED) is 0.232. The van der Waals surface area contributed by atoms with Crippen molar-refractivity contribution in [1.82, 2.24) is 4.57 Å². The number of ketones is 1. The molecular formula is C25H15Br2NO. The maximum atomic E-state index is 12.7. The highest BCUT2D eigenvalue weighted by Gasteiger charge is 2.14. The van der Waals surface area contributed by atoms with Gasteiger partial charge >= 0.3 is 0 Å². The molecule has 0 saturated carbocycles. The molecule has 0 aliphatic rings. The van der Waals surface area contributed by atoms with E-state index in [2.05, 4.69) is 72.8 Å². The number of halogens is 2. The summed E-state index contributed by atoms with van der Waals surface area (Å²) < 4.78 is 4.33. The largest absolute Gasteiger partial charge is 0.309 e. The second-order valence-corrected chi connectivity index (χ2v) is 8.73. The topological polar surface area (TPSA) is 22.0 Å². The van der Waals surface area contributed by atoms with Gasteiger partial charge in [0.25, 0.3) is 0 Å². The highest BCUT2D eigenvalue weighted by Crippen LogP contribution is 2.35. The molecule has 5 rings (SSSR count). The van der Waals surface area contributed by atoms with Crippen LogP contribution in [0.1, 0.15) is 15.9 Å². The number of aromatic nitrogens is 1. The predicted molar refractivity (Wildman–Crippen MR) is 126 cm³/mol. The van der Waals surface area contributed by atoms with Crippen LogP contribution in [-0.2, 0) is 0 Å². The molecule has 0 fully saturated rings. The average molecular weight is 505 g/mol. The molecule has 1 heterocycles. The minimum absolute atomic E-state index is 0.0345. The van der Waals surface area contributed by atoms with Crippen molar-refractivity contribution in [3.8, 4) is 5.69 Å². The Balaban J connectivity index is 1.67. The van der Waals surface area contributed by atoms with Crippen LogP contribution < -0.4 is 0 Å². The standard InChI is InChI=1S/C25H15Br2NO/c26-18-8-12-23-21(14-18)22-15-19(27)9-13-24(22)28(23)20-10-6-17(7-11-20)25(29)16-4-2-1-3-5-16/h1-15H. The Morgan fingerprint density at radius 3 is 1.69 bits per heavy atom. The number of hydrogen-bond acceptors (Lipinski definition) is 1. The van der Waals surface area contributed by atoms with Gasteiger partial charge in [0.1, 0.15) is 0 Å². The summed E-state index contributed by atoms with van der Waals surface area (Å²) in [4.78, 5) is 12.7. The summed E-state index contributed by atoms with van der Waals surface area (Å²) in [6.45, 7) is 0. The third kappa shape index (κ3) is 3.22. The first-order valence-corrected chi connectivity index (χ1v) is 10.8. The molecule has 4 heteroatoms. The SMILES string of the molecule is O=C(c1ccccc1)c1ccc(-n2c3ccc(Br)cc3c3cc(Br)ccc32)cc1. The van der Waals surface area contributed by atoms with Gasteiger partial charge in [-0.25, -0.2) is 0 Å². The highest BCUT2D eigenvalue weighted by atomic mass is 79.9. The van der Waals surface area contributed by atoms with Crippen LogP contribution in [0.4, 0.5) is 0 Å². The molecule has 4 aromatic carbocycles. The van der Waals surface area contributed by atoms with Gasteiger partial charge in [-0.1, -0.05) is 62.2 Å². The molecule has 0 unspecified atom stereocenters. The predicted octanol–water partition coefficient (Wildman–Crippen LogP) is 7.54. The molecule has 0 aliphatic heterocycles. The number of benzene rings is 4. The first kappa shape index (κ1) is 18.3. The molecule has 0 amide bonds. The van der Waals surface area contributed by atoms with Gasteiger partial charge in [0.15, 0.2) is 5.78 Å². The van der Waals surface area contributed by atoms with E-state index in [9.17, 15) is 4.79 Å². The fourth-order valence-corrected chi connectivity index (χ4v) is 4.49. The van der Waals surface area contributed by atoms with Gasteiger partial charge < -0.3 is 4.57 Å². The lowest BCUT2D eigenvalue weighted by molar-refractivity contribution is 0.103. The molecule has 1 aromatic heterocycles. The smallest absolute Gasteiger partial charge is 0.193 e. The van der Waals surface area contributed by atoms with Crippen molar-refractivity contribution in [1.29, 1.82) is 0 Å². The molecule has 0 atom stereocenters. The fourth-order valence-electron chi connectivity index (χ4n) is 3.76. The third-order valence-corrected chi connectivity index (χ3v) is 6.10. The normalized spacial score (nSPS) is 11.2. The van der Waals surface area contributed by atoms with Crippen LogP contribution >= 0.6 is 31.9 Å². The van der Waals surface area contributed by atoms with Gasteiger partial charge in [0, 0.05) is 36.5 Å². The lowest BCUT2D eigenvalue weighted by Crippen LogP contribution is -2.01. The molecular weight excluding hydrogens is 490 g/mol. The average Bonchev–Trinajstić information content (AvgIpc) is 3.07. The Morgan fingerprint density at radius 1 is 0.621 bits per heavy atom. The van der Waals surface area contributed by atoms with E-state index in [0.717, 1.165) is 25.7 Å². The Bertz CT molecular complexity index is 1310. The zero-order chi connectivity index (χ0) is 20.0. The zero-order valence-electron chi connectivity index (χ0n) is 15.3. The van der Waals surface area contributed by atoms with E-state index < -0.39 is 0 Å². The van der Waals surface area contributed by atoms with E-state index in [0.29, 0.717) is 11.1 Å². The lowest BCUT2D eigenvalue weighted by atomic mass is 10.0. The highest BCUT2D eigenvalue weighted by molar-refractivity contribution is 9.10. The Labute approximate surface area is 185 Å². The van der Waals surface area contributed by atoms with Gasteiger partial charge in [0.2, 0.25) is 0 Å². The molecule has 2 nitrogen and oxygen atoms in total. The molecule has 0 saturated heterocycles. The first-order valence-electron chi connectivity index (χ1n) is 9.21. The van der Waals surface area contributed by atoms with Crippen LogP contribution in [0.3, 0.4) is 0 Å². The van der Waals surface area contributed by atoms with Gasteiger partial charge in [0.05, 0.1) is 11.0 Å². The van der Waals surface area contributed by atoms with Gasteiger partial charge in [-0.15, -0.1) is 0 Å². The molecule has 0 bridgehead atoms. The number of carbonyl (C=O) groups is 1. The summed E-state index contributed by atoms with van der Waals surface area (Å²) in [6.07, 6.45) is 0. The summed E-state index contributed by atoms with van der Waals surface area (Å²) in [5, 5.41) is 2.36. The van der Waals surface area contributed by atoms with Crippen LogP contribution in [-0.4, -0.2) is 10.4 Å². The Hall–Kier alpha value is -2.69. The fraction of sp³-hybridized carbons (Fsp3) is 0. The van der Waals surface area contributed by atoms with Crippen LogP contribution in [0, 0.1) is 0 Å². The van der Waals surface area contributed by atoms with Crippen LogP contribution in [0.15, 0.2) is 99.9 Å². The van der Waals surface area contributed by atoms with E-state index in [1.54, 1.807) is 0 Å². The number of carbonyl (C=O) groups excluding carboxylic acids is 1. The zero-order valence-corrected chi connectivity index (χ0v) is 18.4. The van der Waals surface area contributed by atoms with E-state index in [-0.39, 0.29) is 5.78 Å². The van der Waals surface area contributed by atoms with Crippen LogP contribution in [0.5, 0.6) is 0 Å². The molecule has 0 radical (unpaired) electrons. The summed E-state index contributed by atoms with van der Waals surface area (Å²) in [7, 11) is 0.